The van der Waals surface area contributed by atoms with Crippen molar-refractivity contribution in [3.63, 3.8) is 0 Å². The van der Waals surface area contributed by atoms with E-state index in [1.54, 1.807) is 0 Å². The number of carbonyl (C=O) groups is 1. The van der Waals surface area contributed by atoms with Crippen LogP contribution in [0.2, 0.25) is 0 Å². The fraction of sp³-hybridized carbons (Fsp3) is 0.353. The average molecular weight is 299 g/mol. The zero-order valence-electron chi connectivity index (χ0n) is 13.0. The summed E-state index contributed by atoms with van der Waals surface area (Å²) in [4.78, 5) is 19.3. The molecule has 0 saturated heterocycles. The monoisotopic (exact) mass is 299 g/mol. The standard InChI is InChI=1S/C17H21N3O2/c1-3-13-6-8-14(9-7-13)15-11-12(2)19-17(20-15)18-10-4-5-16(21)22/h6-9,11H,3-5,10H2,1-2H3,(H,21,22)(H,18,19,20). The number of aryl methyl sites for hydroxylation is 2. The Morgan fingerprint density at radius 1 is 1.23 bits per heavy atom. The van der Waals surface area contributed by atoms with Crippen molar-refractivity contribution in [1.82, 2.24) is 9.97 Å². The van der Waals surface area contributed by atoms with Crippen LogP contribution in [0.3, 0.4) is 0 Å². The van der Waals surface area contributed by atoms with Crippen LogP contribution in [0.15, 0.2) is 30.3 Å². The Hall–Kier alpha value is -2.43. The van der Waals surface area contributed by atoms with E-state index in [4.69, 9.17) is 5.11 Å². The Kier molecular flexibility index (Phi) is 5.47. The first-order chi connectivity index (χ1) is 10.6. The summed E-state index contributed by atoms with van der Waals surface area (Å²) in [6.45, 7) is 4.60. The lowest BCUT2D eigenvalue weighted by molar-refractivity contribution is -0.137. The van der Waals surface area contributed by atoms with Gasteiger partial charge in [-0.1, -0.05) is 31.2 Å². The fourth-order valence-corrected chi connectivity index (χ4v) is 2.15. The molecule has 1 aromatic heterocycles. The Labute approximate surface area is 130 Å². The number of anilines is 1. The normalized spacial score (nSPS) is 10.5. The summed E-state index contributed by atoms with van der Waals surface area (Å²) >= 11 is 0. The van der Waals surface area contributed by atoms with Crippen molar-refractivity contribution in [1.29, 1.82) is 0 Å². The van der Waals surface area contributed by atoms with Gasteiger partial charge in [0.05, 0.1) is 5.69 Å². The minimum atomic E-state index is -0.788. The molecule has 0 unspecified atom stereocenters. The molecule has 0 fully saturated rings. The van der Waals surface area contributed by atoms with Crippen LogP contribution in [0.1, 0.15) is 31.0 Å². The molecular formula is C17H21N3O2. The number of rotatable bonds is 7. The predicted octanol–water partition coefficient (Wildman–Crippen LogP) is 3.29. The third-order valence-corrected chi connectivity index (χ3v) is 3.36. The van der Waals surface area contributed by atoms with Gasteiger partial charge in [-0.25, -0.2) is 9.97 Å². The van der Waals surface area contributed by atoms with Gasteiger partial charge in [0.1, 0.15) is 0 Å². The van der Waals surface area contributed by atoms with Crippen LogP contribution in [0.5, 0.6) is 0 Å². The molecule has 0 spiro atoms. The van der Waals surface area contributed by atoms with Gasteiger partial charge in [-0.3, -0.25) is 4.79 Å². The number of hydrogen-bond acceptors (Lipinski definition) is 4. The van der Waals surface area contributed by atoms with E-state index < -0.39 is 5.97 Å². The largest absolute Gasteiger partial charge is 0.481 e. The molecule has 116 valence electrons. The van der Waals surface area contributed by atoms with Crippen LogP contribution in [0.25, 0.3) is 11.3 Å². The van der Waals surface area contributed by atoms with Gasteiger partial charge in [0, 0.05) is 24.2 Å². The van der Waals surface area contributed by atoms with Gasteiger partial charge < -0.3 is 10.4 Å². The minimum absolute atomic E-state index is 0.143. The second-order valence-corrected chi connectivity index (χ2v) is 5.19. The maximum Gasteiger partial charge on any atom is 0.303 e. The number of carboxylic acids is 1. The number of aliphatic carboxylic acids is 1. The topological polar surface area (TPSA) is 75.1 Å². The highest BCUT2D eigenvalue weighted by atomic mass is 16.4. The van der Waals surface area contributed by atoms with E-state index in [0.717, 1.165) is 23.4 Å². The maximum absolute atomic E-state index is 10.5. The SMILES string of the molecule is CCc1ccc(-c2cc(C)nc(NCCCC(=O)O)n2)cc1. The number of aromatic nitrogens is 2. The van der Waals surface area contributed by atoms with Crippen LogP contribution in [-0.2, 0) is 11.2 Å². The number of nitrogens with zero attached hydrogens (tertiary/aromatic N) is 2. The molecule has 5 heteroatoms. The molecule has 0 aliphatic heterocycles. The van der Waals surface area contributed by atoms with Gasteiger partial charge in [0.25, 0.3) is 0 Å². The van der Waals surface area contributed by atoms with Gasteiger partial charge in [0.15, 0.2) is 0 Å². The predicted molar refractivity (Wildman–Crippen MR) is 86.9 cm³/mol. The second-order valence-electron chi connectivity index (χ2n) is 5.19. The highest BCUT2D eigenvalue weighted by molar-refractivity contribution is 5.66. The van der Waals surface area contributed by atoms with Crippen LogP contribution >= 0.6 is 0 Å². The van der Waals surface area contributed by atoms with Gasteiger partial charge in [-0.15, -0.1) is 0 Å². The van der Waals surface area contributed by atoms with Crippen molar-refractivity contribution in [2.24, 2.45) is 0 Å². The molecule has 0 saturated carbocycles. The molecule has 0 bridgehead atoms. The average Bonchev–Trinajstić information content (AvgIpc) is 2.51. The van der Waals surface area contributed by atoms with E-state index in [1.807, 2.05) is 13.0 Å². The summed E-state index contributed by atoms with van der Waals surface area (Å²) in [6.07, 6.45) is 1.71. The van der Waals surface area contributed by atoms with E-state index >= 15 is 0 Å². The smallest absolute Gasteiger partial charge is 0.303 e. The van der Waals surface area contributed by atoms with E-state index in [-0.39, 0.29) is 6.42 Å². The van der Waals surface area contributed by atoms with Gasteiger partial charge in [0.2, 0.25) is 5.95 Å². The van der Waals surface area contributed by atoms with Crippen LogP contribution < -0.4 is 5.32 Å². The molecule has 0 amide bonds. The molecule has 1 heterocycles. The molecule has 2 N–H and O–H groups in total. The molecular weight excluding hydrogens is 278 g/mol. The molecule has 0 atom stereocenters. The first-order valence-corrected chi connectivity index (χ1v) is 7.49. The molecule has 0 aliphatic carbocycles. The van der Waals surface area contributed by atoms with Crippen molar-refractivity contribution >= 4 is 11.9 Å². The molecule has 1 aromatic carbocycles. The second kappa shape index (κ2) is 7.54. The van der Waals surface area contributed by atoms with Crippen LogP contribution in [0, 0.1) is 6.92 Å². The van der Waals surface area contributed by atoms with E-state index in [0.29, 0.717) is 18.9 Å². The summed E-state index contributed by atoms with van der Waals surface area (Å²) in [5, 5.41) is 11.7. The third kappa shape index (κ3) is 4.55. The number of nitrogens with one attached hydrogen (secondary N) is 1. The molecule has 22 heavy (non-hydrogen) atoms. The summed E-state index contributed by atoms with van der Waals surface area (Å²) in [5.74, 6) is -0.247. The van der Waals surface area contributed by atoms with Crippen molar-refractivity contribution in [3.8, 4) is 11.3 Å². The lowest BCUT2D eigenvalue weighted by Gasteiger charge is -2.08. The van der Waals surface area contributed by atoms with Gasteiger partial charge in [-0.2, -0.15) is 0 Å². The van der Waals surface area contributed by atoms with Crippen LogP contribution in [0.4, 0.5) is 5.95 Å². The molecule has 0 aliphatic rings. The van der Waals surface area contributed by atoms with Crippen molar-refractivity contribution < 1.29 is 9.90 Å². The Balaban J connectivity index is 2.10. The highest BCUT2D eigenvalue weighted by Crippen LogP contribution is 2.20. The third-order valence-electron chi connectivity index (χ3n) is 3.36. The van der Waals surface area contributed by atoms with E-state index in [9.17, 15) is 4.79 Å². The fourth-order valence-electron chi connectivity index (χ4n) is 2.15. The van der Waals surface area contributed by atoms with Crippen molar-refractivity contribution in [2.75, 3.05) is 11.9 Å². The van der Waals surface area contributed by atoms with Crippen LogP contribution in [-0.4, -0.2) is 27.6 Å². The maximum atomic E-state index is 10.5. The van der Waals surface area contributed by atoms with Gasteiger partial charge in [-0.05, 0) is 31.4 Å². The van der Waals surface area contributed by atoms with Gasteiger partial charge >= 0.3 is 5.97 Å². The number of hydrogen-bond donors (Lipinski definition) is 2. The summed E-state index contributed by atoms with van der Waals surface area (Å²) in [5.41, 5.74) is 4.10. The Morgan fingerprint density at radius 3 is 2.59 bits per heavy atom. The summed E-state index contributed by atoms with van der Waals surface area (Å²) < 4.78 is 0. The first-order valence-electron chi connectivity index (χ1n) is 7.49. The van der Waals surface area contributed by atoms with E-state index in [2.05, 4.69) is 46.5 Å². The summed E-state index contributed by atoms with van der Waals surface area (Å²) in [6, 6.07) is 10.3. The van der Waals surface area contributed by atoms with Crippen molar-refractivity contribution in [2.45, 2.75) is 33.1 Å². The molecule has 5 nitrogen and oxygen atoms in total. The number of carboxylic acid groups (broad SMARTS) is 1. The summed E-state index contributed by atoms with van der Waals surface area (Å²) in [7, 11) is 0. The minimum Gasteiger partial charge on any atom is -0.481 e. The quantitative estimate of drug-likeness (QED) is 0.767. The number of benzene rings is 1. The zero-order valence-corrected chi connectivity index (χ0v) is 13.0. The van der Waals surface area contributed by atoms with E-state index in [1.165, 1.54) is 5.56 Å². The zero-order chi connectivity index (χ0) is 15.9. The Bertz CT molecular complexity index is 639. The highest BCUT2D eigenvalue weighted by Gasteiger charge is 2.05. The Morgan fingerprint density at radius 2 is 1.95 bits per heavy atom. The molecule has 2 aromatic rings. The lowest BCUT2D eigenvalue weighted by Crippen LogP contribution is -2.08. The molecule has 0 radical (unpaired) electrons. The van der Waals surface area contributed by atoms with Crippen molar-refractivity contribution in [3.05, 3.63) is 41.6 Å². The molecule has 2 rings (SSSR count). The first kappa shape index (κ1) is 15.9. The lowest BCUT2D eigenvalue weighted by atomic mass is 10.1.